The molecule has 0 saturated carbocycles. The van der Waals surface area contributed by atoms with Gasteiger partial charge in [-0.2, -0.15) is 0 Å². The number of aromatic hydroxyl groups is 1. The molecule has 9 heteroatoms. The first-order valence-electron chi connectivity index (χ1n) is 11.5. The van der Waals surface area contributed by atoms with Gasteiger partial charge in [-0.25, -0.2) is 0 Å². The van der Waals surface area contributed by atoms with Gasteiger partial charge in [0.25, 0.3) is 11.7 Å². The van der Waals surface area contributed by atoms with Crippen molar-refractivity contribution in [2.45, 2.75) is 13.0 Å². The molecule has 2 N–H and O–H groups in total. The summed E-state index contributed by atoms with van der Waals surface area (Å²) in [5, 5.41) is 21.4. The lowest BCUT2D eigenvalue weighted by molar-refractivity contribution is -0.140. The number of aliphatic hydroxyl groups is 1. The first-order chi connectivity index (χ1) is 16.8. The van der Waals surface area contributed by atoms with Crippen molar-refractivity contribution in [1.82, 2.24) is 9.80 Å². The number of ketones is 1. The van der Waals surface area contributed by atoms with Crippen LogP contribution in [0.4, 0.5) is 0 Å². The molecule has 0 aliphatic carbocycles. The second kappa shape index (κ2) is 10.4. The summed E-state index contributed by atoms with van der Waals surface area (Å²) in [6, 6.07) is 8.89. The van der Waals surface area contributed by atoms with Crippen LogP contribution in [-0.2, 0) is 14.3 Å². The van der Waals surface area contributed by atoms with E-state index in [0.717, 1.165) is 18.7 Å². The number of hydrogen-bond donors (Lipinski definition) is 2. The van der Waals surface area contributed by atoms with Gasteiger partial charge in [0.05, 0.1) is 39.0 Å². The van der Waals surface area contributed by atoms with E-state index in [9.17, 15) is 19.8 Å². The van der Waals surface area contributed by atoms with Crippen molar-refractivity contribution in [2.24, 2.45) is 0 Å². The number of Topliss-reactive ketones (excluding diaryl/α,β-unsaturated/α-hetero) is 1. The lowest BCUT2D eigenvalue weighted by Gasteiger charge is -2.31. The smallest absolute Gasteiger partial charge is 0.295 e. The van der Waals surface area contributed by atoms with Crippen molar-refractivity contribution in [3.8, 4) is 17.2 Å². The summed E-state index contributed by atoms with van der Waals surface area (Å²) in [5.74, 6) is -0.904. The molecule has 4 rings (SSSR count). The van der Waals surface area contributed by atoms with Crippen molar-refractivity contribution in [3.63, 3.8) is 0 Å². The van der Waals surface area contributed by atoms with Crippen LogP contribution in [0.2, 0.25) is 0 Å². The zero-order valence-electron chi connectivity index (χ0n) is 20.1. The van der Waals surface area contributed by atoms with Gasteiger partial charge in [-0.15, -0.1) is 0 Å². The Morgan fingerprint density at radius 2 is 1.74 bits per heavy atom. The van der Waals surface area contributed by atoms with E-state index in [1.165, 1.54) is 18.1 Å². The van der Waals surface area contributed by atoms with Crippen LogP contribution in [-0.4, -0.2) is 85.3 Å². The fourth-order valence-corrected chi connectivity index (χ4v) is 4.58. The first kappa shape index (κ1) is 24.6. The average Bonchev–Trinajstić information content (AvgIpc) is 3.12. The predicted molar refractivity (Wildman–Crippen MR) is 129 cm³/mol. The summed E-state index contributed by atoms with van der Waals surface area (Å²) in [5.41, 5.74) is 1.73. The molecule has 2 aliphatic heterocycles. The van der Waals surface area contributed by atoms with Crippen molar-refractivity contribution >= 4 is 17.4 Å². The van der Waals surface area contributed by atoms with Crippen LogP contribution >= 0.6 is 0 Å². The molecule has 0 bridgehead atoms. The maximum Gasteiger partial charge on any atom is 0.295 e. The Bertz CT molecular complexity index is 1150. The number of benzene rings is 2. The van der Waals surface area contributed by atoms with E-state index in [-0.39, 0.29) is 29.4 Å². The Morgan fingerprint density at radius 3 is 2.40 bits per heavy atom. The van der Waals surface area contributed by atoms with E-state index in [4.69, 9.17) is 14.2 Å². The molecule has 186 valence electrons. The Balaban J connectivity index is 1.78. The van der Waals surface area contributed by atoms with Crippen molar-refractivity contribution in [2.75, 3.05) is 53.6 Å². The number of aliphatic hydroxyl groups excluding tert-OH is 1. The maximum absolute atomic E-state index is 13.2. The summed E-state index contributed by atoms with van der Waals surface area (Å²) in [4.78, 5) is 30.1. The number of ether oxygens (including phenoxy) is 3. The van der Waals surface area contributed by atoms with E-state index in [2.05, 4.69) is 4.90 Å². The van der Waals surface area contributed by atoms with Gasteiger partial charge in [-0.05, 0) is 48.4 Å². The third kappa shape index (κ3) is 4.82. The molecule has 0 radical (unpaired) electrons. The molecule has 2 aliphatic rings. The standard InChI is InChI=1S/C26H30N2O7/c1-16-14-18(5-7-20(16)33-2)24(30)22-23(17-4-6-19(29)21(15-17)34-3)28(26(32)25(22)31)9-8-27-10-12-35-13-11-27/h4-7,14-15,23,29-30H,8-13H2,1-3H3/b24-22+. The summed E-state index contributed by atoms with van der Waals surface area (Å²) < 4.78 is 16.0. The number of phenols is 1. The maximum atomic E-state index is 13.2. The minimum atomic E-state index is -0.840. The molecule has 9 nitrogen and oxygen atoms in total. The number of aryl methyl sites for hydroxylation is 1. The van der Waals surface area contributed by atoms with Gasteiger partial charge in [0.1, 0.15) is 11.5 Å². The van der Waals surface area contributed by atoms with Crippen LogP contribution in [0.15, 0.2) is 42.0 Å². The Hall–Kier alpha value is -3.56. The van der Waals surface area contributed by atoms with Crippen LogP contribution in [0.3, 0.4) is 0 Å². The third-order valence-corrected chi connectivity index (χ3v) is 6.49. The molecule has 35 heavy (non-hydrogen) atoms. The Labute approximate surface area is 204 Å². The van der Waals surface area contributed by atoms with Crippen LogP contribution in [0.1, 0.15) is 22.7 Å². The number of rotatable bonds is 7. The molecule has 2 fully saturated rings. The molecule has 0 aromatic heterocycles. The van der Waals surface area contributed by atoms with Crippen molar-refractivity contribution in [3.05, 3.63) is 58.7 Å². The number of carbonyl (C=O) groups excluding carboxylic acids is 2. The lowest BCUT2D eigenvalue weighted by Crippen LogP contribution is -2.42. The summed E-state index contributed by atoms with van der Waals surface area (Å²) >= 11 is 0. The first-order valence-corrected chi connectivity index (χ1v) is 11.5. The second-order valence-electron chi connectivity index (χ2n) is 8.56. The Kier molecular flexibility index (Phi) is 7.28. The van der Waals surface area contributed by atoms with Crippen molar-refractivity contribution in [1.29, 1.82) is 0 Å². The quantitative estimate of drug-likeness (QED) is 0.352. The molecule has 2 heterocycles. The van der Waals surface area contributed by atoms with E-state index in [0.29, 0.717) is 36.6 Å². The predicted octanol–water partition coefficient (Wildman–Crippen LogP) is 2.47. The van der Waals surface area contributed by atoms with Crippen LogP contribution in [0.25, 0.3) is 5.76 Å². The minimum Gasteiger partial charge on any atom is -0.507 e. The van der Waals surface area contributed by atoms with Gasteiger partial charge in [0.2, 0.25) is 0 Å². The number of phenolic OH excluding ortho intramolecular Hbond substituents is 1. The highest BCUT2D eigenvalue weighted by molar-refractivity contribution is 6.46. The molecular formula is C26H30N2O7. The zero-order chi connectivity index (χ0) is 25.1. The summed E-state index contributed by atoms with van der Waals surface area (Å²) in [6.07, 6.45) is 0. The molecule has 2 aromatic rings. The fraction of sp³-hybridized carbons (Fsp3) is 0.385. The largest absolute Gasteiger partial charge is 0.507 e. The molecule has 1 unspecified atom stereocenters. The highest BCUT2D eigenvalue weighted by Gasteiger charge is 2.46. The number of hydrogen-bond acceptors (Lipinski definition) is 8. The van der Waals surface area contributed by atoms with Gasteiger partial charge in [0, 0.05) is 31.7 Å². The molecular weight excluding hydrogens is 452 g/mol. The monoisotopic (exact) mass is 482 g/mol. The number of amides is 1. The van der Waals surface area contributed by atoms with Crippen LogP contribution in [0, 0.1) is 6.92 Å². The molecule has 1 amide bonds. The SMILES string of the molecule is COc1ccc(/C(O)=C2\C(=O)C(=O)N(CCN3CCOCC3)C2c2ccc(O)c(OC)c2)cc1C. The number of morpholine rings is 1. The second-order valence-corrected chi connectivity index (χ2v) is 8.56. The minimum absolute atomic E-state index is 0.00529. The van der Waals surface area contributed by atoms with E-state index >= 15 is 0 Å². The summed E-state index contributed by atoms with van der Waals surface area (Å²) in [6.45, 7) is 5.40. The van der Waals surface area contributed by atoms with Gasteiger partial charge in [-0.1, -0.05) is 6.07 Å². The molecule has 2 aromatic carbocycles. The third-order valence-electron chi connectivity index (χ3n) is 6.49. The number of nitrogens with zero attached hydrogens (tertiary/aromatic N) is 2. The number of likely N-dealkylation sites (tertiary alicyclic amines) is 1. The van der Waals surface area contributed by atoms with Crippen molar-refractivity contribution < 1.29 is 34.0 Å². The topological polar surface area (TPSA) is 109 Å². The normalized spacial score (nSPS) is 20.3. The highest BCUT2D eigenvalue weighted by Crippen LogP contribution is 2.42. The highest BCUT2D eigenvalue weighted by atomic mass is 16.5. The van der Waals surface area contributed by atoms with Crippen LogP contribution in [0.5, 0.6) is 17.2 Å². The van der Waals surface area contributed by atoms with E-state index in [1.807, 2.05) is 6.92 Å². The molecule has 0 spiro atoms. The van der Waals surface area contributed by atoms with E-state index < -0.39 is 17.7 Å². The molecule has 2 saturated heterocycles. The fourth-order valence-electron chi connectivity index (χ4n) is 4.58. The van der Waals surface area contributed by atoms with E-state index in [1.54, 1.807) is 37.4 Å². The summed E-state index contributed by atoms with van der Waals surface area (Å²) in [7, 11) is 2.98. The van der Waals surface area contributed by atoms with Gasteiger partial charge >= 0.3 is 0 Å². The number of methoxy groups -OCH3 is 2. The average molecular weight is 483 g/mol. The number of carbonyl (C=O) groups is 2. The van der Waals surface area contributed by atoms with Gasteiger partial charge in [0.15, 0.2) is 11.5 Å². The zero-order valence-corrected chi connectivity index (χ0v) is 20.1. The van der Waals surface area contributed by atoms with Gasteiger partial charge < -0.3 is 29.3 Å². The lowest BCUT2D eigenvalue weighted by atomic mass is 9.94. The Morgan fingerprint density at radius 1 is 1.03 bits per heavy atom. The molecule has 1 atom stereocenters. The van der Waals surface area contributed by atoms with Gasteiger partial charge in [-0.3, -0.25) is 14.5 Å². The van der Waals surface area contributed by atoms with Crippen LogP contribution < -0.4 is 9.47 Å².